The predicted molar refractivity (Wildman–Crippen MR) is 134 cm³/mol. The molecule has 0 atom stereocenters. The number of aromatic nitrogens is 1. The van der Waals surface area contributed by atoms with Crippen molar-refractivity contribution in [3.8, 4) is 11.5 Å². The van der Waals surface area contributed by atoms with E-state index in [0.717, 1.165) is 47.5 Å². The number of hydrogen-bond donors (Lipinski definition) is 0. The van der Waals surface area contributed by atoms with Gasteiger partial charge in [-0.15, -0.1) is 12.4 Å². The highest BCUT2D eigenvalue weighted by molar-refractivity contribution is 6.31. The second-order valence-electron chi connectivity index (χ2n) is 8.52. The summed E-state index contributed by atoms with van der Waals surface area (Å²) in [6.45, 7) is 4.28. The van der Waals surface area contributed by atoms with Gasteiger partial charge in [-0.25, -0.2) is 0 Å². The first-order valence-electron chi connectivity index (χ1n) is 11.2. The third-order valence-corrected chi connectivity index (χ3v) is 6.86. The number of fused-ring (bicyclic) bond motifs is 3. The first kappa shape index (κ1) is 23.7. The van der Waals surface area contributed by atoms with Crippen molar-refractivity contribution in [2.24, 2.45) is 7.05 Å². The smallest absolute Gasteiger partial charge is 0.261 e. The molecule has 2 aliphatic rings. The zero-order valence-corrected chi connectivity index (χ0v) is 20.5. The number of halogens is 2. The van der Waals surface area contributed by atoms with Crippen LogP contribution >= 0.6 is 24.0 Å². The van der Waals surface area contributed by atoms with Gasteiger partial charge in [-0.2, -0.15) is 0 Å². The Hall–Kier alpha value is -2.41. The molecule has 0 aliphatic carbocycles. The van der Waals surface area contributed by atoms with Gasteiger partial charge in [0.2, 0.25) is 0 Å². The number of carbonyl (C=O) groups is 1. The lowest BCUT2D eigenvalue weighted by molar-refractivity contribution is 0.0998. The second-order valence-corrected chi connectivity index (χ2v) is 8.96. The molecule has 8 heteroatoms. The van der Waals surface area contributed by atoms with Gasteiger partial charge in [0.25, 0.3) is 5.91 Å². The van der Waals surface area contributed by atoms with E-state index >= 15 is 0 Å². The van der Waals surface area contributed by atoms with Crippen molar-refractivity contribution in [1.29, 1.82) is 0 Å². The highest BCUT2D eigenvalue weighted by Gasteiger charge is 2.34. The molecule has 33 heavy (non-hydrogen) atoms. The van der Waals surface area contributed by atoms with Crippen molar-refractivity contribution in [2.45, 2.75) is 25.8 Å². The largest absolute Gasteiger partial charge is 0.493 e. The number of benzene rings is 2. The summed E-state index contributed by atoms with van der Waals surface area (Å²) < 4.78 is 13.7. The summed E-state index contributed by atoms with van der Waals surface area (Å²) in [7, 11) is 3.62. The average molecular weight is 490 g/mol. The first-order valence-corrected chi connectivity index (χ1v) is 11.6. The number of nitrogens with zero attached hydrogens (tertiary/aromatic N) is 3. The number of hydrogen-bond acceptors (Lipinski definition) is 4. The van der Waals surface area contributed by atoms with Gasteiger partial charge in [0.1, 0.15) is 6.61 Å². The Morgan fingerprint density at radius 2 is 1.82 bits per heavy atom. The number of aryl methyl sites for hydroxylation is 1. The van der Waals surface area contributed by atoms with Gasteiger partial charge in [0, 0.05) is 35.8 Å². The molecule has 0 radical (unpaired) electrons. The molecule has 5 rings (SSSR count). The quantitative estimate of drug-likeness (QED) is 0.472. The van der Waals surface area contributed by atoms with Crippen molar-refractivity contribution in [3.63, 3.8) is 0 Å². The highest BCUT2D eigenvalue weighted by atomic mass is 35.5. The third kappa shape index (κ3) is 4.39. The summed E-state index contributed by atoms with van der Waals surface area (Å²) in [5.41, 5.74) is 3.53. The molecule has 6 nitrogen and oxygen atoms in total. The van der Waals surface area contributed by atoms with Crippen molar-refractivity contribution >= 4 is 46.5 Å². The van der Waals surface area contributed by atoms with Crippen LogP contribution in [0, 0.1) is 0 Å². The zero-order chi connectivity index (χ0) is 22.2. The van der Waals surface area contributed by atoms with Gasteiger partial charge >= 0.3 is 0 Å². The lowest BCUT2D eigenvalue weighted by Gasteiger charge is -2.26. The van der Waals surface area contributed by atoms with E-state index in [-0.39, 0.29) is 18.3 Å². The summed E-state index contributed by atoms with van der Waals surface area (Å²) in [4.78, 5) is 17.6. The molecule has 1 aromatic heterocycles. The molecule has 2 aromatic carbocycles. The fourth-order valence-electron chi connectivity index (χ4n) is 4.86. The van der Waals surface area contributed by atoms with Crippen LogP contribution in [0.4, 0.5) is 5.69 Å². The molecule has 2 aliphatic heterocycles. The zero-order valence-electron chi connectivity index (χ0n) is 19.0. The monoisotopic (exact) mass is 489 g/mol. The Morgan fingerprint density at radius 1 is 1.03 bits per heavy atom. The van der Waals surface area contributed by atoms with Gasteiger partial charge < -0.3 is 18.9 Å². The maximum atomic E-state index is 13.4. The minimum atomic E-state index is -0.00245. The normalized spacial score (nSPS) is 16.1. The van der Waals surface area contributed by atoms with Crippen molar-refractivity contribution in [1.82, 2.24) is 9.47 Å². The summed E-state index contributed by atoms with van der Waals surface area (Å²) in [5, 5.41) is 1.61. The van der Waals surface area contributed by atoms with Crippen LogP contribution in [0.5, 0.6) is 11.5 Å². The molecule has 1 amide bonds. The number of rotatable bonds is 6. The fourth-order valence-corrected chi connectivity index (χ4v) is 5.03. The maximum absolute atomic E-state index is 13.4. The van der Waals surface area contributed by atoms with Crippen LogP contribution in [0.2, 0.25) is 5.02 Å². The second kappa shape index (κ2) is 9.84. The molecule has 3 aromatic rings. The molecule has 176 valence electrons. The van der Waals surface area contributed by atoms with E-state index in [2.05, 4.69) is 9.47 Å². The van der Waals surface area contributed by atoms with Crippen LogP contribution < -0.4 is 14.4 Å². The molecular weight excluding hydrogens is 461 g/mol. The molecule has 0 saturated carbocycles. The topological polar surface area (TPSA) is 46.9 Å². The predicted octanol–water partition coefficient (Wildman–Crippen LogP) is 5.29. The number of carbonyl (C=O) groups excluding carboxylic acids is 1. The van der Waals surface area contributed by atoms with Gasteiger partial charge in [-0.3, -0.25) is 9.69 Å². The van der Waals surface area contributed by atoms with Gasteiger partial charge in [-0.1, -0.05) is 24.1 Å². The van der Waals surface area contributed by atoms with Crippen LogP contribution in [0.15, 0.2) is 36.4 Å². The van der Waals surface area contributed by atoms with Crippen LogP contribution in [-0.4, -0.2) is 48.7 Å². The SMILES string of the molecule is COc1ccc(N2Cc3c(c4ccc(Cl)cc4n3C)C2=O)cc1OCCN1CCCCC1.Cl. The van der Waals surface area contributed by atoms with E-state index in [1.54, 1.807) is 12.0 Å². The minimum Gasteiger partial charge on any atom is -0.493 e. The fraction of sp³-hybridized carbons (Fsp3) is 0.400. The van der Waals surface area contributed by atoms with E-state index in [9.17, 15) is 4.79 Å². The Bertz CT molecular complexity index is 1170. The number of anilines is 1. The van der Waals surface area contributed by atoms with E-state index in [4.69, 9.17) is 21.1 Å². The van der Waals surface area contributed by atoms with Crippen LogP contribution in [-0.2, 0) is 13.6 Å². The van der Waals surface area contributed by atoms with Crippen LogP contribution in [0.1, 0.15) is 35.3 Å². The van der Waals surface area contributed by atoms with E-state index in [1.807, 2.05) is 43.4 Å². The highest BCUT2D eigenvalue weighted by Crippen LogP contribution is 2.39. The summed E-state index contributed by atoms with van der Waals surface area (Å²) >= 11 is 6.17. The minimum absolute atomic E-state index is 0. The molecule has 3 heterocycles. The maximum Gasteiger partial charge on any atom is 0.261 e. The number of ether oxygens (including phenoxy) is 2. The van der Waals surface area contributed by atoms with Gasteiger partial charge in [0.05, 0.1) is 30.4 Å². The summed E-state index contributed by atoms with van der Waals surface area (Å²) in [6.07, 6.45) is 3.84. The number of piperidine rings is 1. The number of methoxy groups -OCH3 is 1. The average Bonchev–Trinajstić information content (AvgIpc) is 3.29. The van der Waals surface area contributed by atoms with Crippen molar-refractivity contribution < 1.29 is 14.3 Å². The van der Waals surface area contributed by atoms with E-state index in [1.165, 1.54) is 19.3 Å². The molecular formula is C25H29Cl2N3O3. The Morgan fingerprint density at radius 3 is 2.58 bits per heavy atom. The van der Waals surface area contributed by atoms with Gasteiger partial charge in [0.15, 0.2) is 11.5 Å². The number of likely N-dealkylation sites (tertiary alicyclic amines) is 1. The Labute approximate surface area is 205 Å². The van der Waals surface area contributed by atoms with Crippen molar-refractivity contribution in [2.75, 3.05) is 38.3 Å². The molecule has 1 fully saturated rings. The third-order valence-electron chi connectivity index (χ3n) is 6.62. The van der Waals surface area contributed by atoms with Crippen LogP contribution in [0.25, 0.3) is 10.9 Å². The molecule has 0 unspecified atom stereocenters. The van der Waals surface area contributed by atoms with Gasteiger partial charge in [-0.05, 0) is 50.2 Å². The van der Waals surface area contributed by atoms with E-state index < -0.39 is 0 Å². The summed E-state index contributed by atoms with van der Waals surface area (Å²) in [6, 6.07) is 11.4. The molecule has 0 spiro atoms. The molecule has 0 bridgehead atoms. The Kier molecular flexibility index (Phi) is 7.07. The van der Waals surface area contributed by atoms with E-state index in [0.29, 0.717) is 29.7 Å². The first-order chi connectivity index (χ1) is 15.6. The lowest BCUT2D eigenvalue weighted by atomic mass is 10.1. The standard InChI is InChI=1S/C25H28ClN3O3.ClH/c1-27-20-14-17(26)6-8-19(20)24-21(27)16-29(25(24)30)18-7-9-22(31-2)23(15-18)32-13-12-28-10-4-3-5-11-28;/h6-9,14-15H,3-5,10-13,16H2,1-2H3;1H. The summed E-state index contributed by atoms with van der Waals surface area (Å²) in [5.74, 6) is 1.34. The lowest BCUT2D eigenvalue weighted by Crippen LogP contribution is -2.33. The Balaban J connectivity index is 0.00000259. The molecule has 0 N–H and O–H groups in total. The van der Waals surface area contributed by atoms with Crippen LogP contribution in [0.3, 0.4) is 0 Å². The number of amides is 1. The van der Waals surface area contributed by atoms with Crippen molar-refractivity contribution in [3.05, 3.63) is 52.7 Å². The molecule has 1 saturated heterocycles.